The van der Waals surface area contributed by atoms with E-state index >= 15 is 0 Å². The molecule has 4 rings (SSSR count). The van der Waals surface area contributed by atoms with Crippen molar-refractivity contribution in [1.82, 2.24) is 4.57 Å². The molecule has 0 radical (unpaired) electrons. The van der Waals surface area contributed by atoms with Crippen LogP contribution in [0.25, 0.3) is 11.8 Å². The first-order valence-electron chi connectivity index (χ1n) is 10.8. The second kappa shape index (κ2) is 9.36. The van der Waals surface area contributed by atoms with E-state index in [4.69, 9.17) is 4.74 Å². The Labute approximate surface area is 197 Å². The van der Waals surface area contributed by atoms with Gasteiger partial charge < -0.3 is 14.6 Å². The van der Waals surface area contributed by atoms with Crippen molar-refractivity contribution in [3.8, 4) is 23.6 Å². The summed E-state index contributed by atoms with van der Waals surface area (Å²) < 4.78 is 7.31. The van der Waals surface area contributed by atoms with Gasteiger partial charge in [-0.25, -0.2) is 0 Å². The van der Waals surface area contributed by atoms with Gasteiger partial charge in [0.2, 0.25) is 0 Å². The Balaban J connectivity index is 1.63. The molecule has 3 aromatic rings. The van der Waals surface area contributed by atoms with E-state index < -0.39 is 5.91 Å². The van der Waals surface area contributed by atoms with Crippen LogP contribution in [0.15, 0.2) is 35.9 Å². The highest BCUT2D eigenvalue weighted by Gasteiger charge is 2.23. The van der Waals surface area contributed by atoms with Crippen LogP contribution in [-0.4, -0.2) is 17.6 Å². The summed E-state index contributed by atoms with van der Waals surface area (Å²) in [6.07, 6.45) is 5.56. The summed E-state index contributed by atoms with van der Waals surface area (Å²) in [5, 5.41) is 22.7. The van der Waals surface area contributed by atoms with E-state index in [-0.39, 0.29) is 5.57 Å². The van der Waals surface area contributed by atoms with Crippen LogP contribution in [0, 0.1) is 36.5 Å². The molecular weight excluding hydrogens is 432 g/mol. The standard InChI is InChI=1S/C26H24N4O2S/c1-16-12-18(17(2)30(16)20-8-10-21(32-3)11-9-20)13-19(14-27)25(31)29-26-23(15-28)22-6-4-5-7-24(22)33-26/h8-13H,4-7H2,1-3H3,(H,29,31). The van der Waals surface area contributed by atoms with E-state index in [1.54, 1.807) is 13.2 Å². The van der Waals surface area contributed by atoms with Crippen LogP contribution in [0.2, 0.25) is 0 Å². The predicted molar refractivity (Wildman–Crippen MR) is 130 cm³/mol. The van der Waals surface area contributed by atoms with Gasteiger partial charge in [-0.2, -0.15) is 10.5 Å². The molecule has 0 atom stereocenters. The zero-order chi connectivity index (χ0) is 23.5. The second-order valence-electron chi connectivity index (χ2n) is 8.01. The van der Waals surface area contributed by atoms with Gasteiger partial charge in [0.25, 0.3) is 5.91 Å². The van der Waals surface area contributed by atoms with Crippen molar-refractivity contribution in [3.05, 3.63) is 68.9 Å². The highest BCUT2D eigenvalue weighted by molar-refractivity contribution is 7.16. The van der Waals surface area contributed by atoms with Crippen molar-refractivity contribution < 1.29 is 9.53 Å². The lowest BCUT2D eigenvalue weighted by molar-refractivity contribution is -0.112. The summed E-state index contributed by atoms with van der Waals surface area (Å²) in [7, 11) is 1.63. The quantitative estimate of drug-likeness (QED) is 0.408. The van der Waals surface area contributed by atoms with Gasteiger partial charge in [0.1, 0.15) is 28.5 Å². The maximum absolute atomic E-state index is 12.9. The average Bonchev–Trinajstić information content (AvgIpc) is 3.32. The Morgan fingerprint density at radius 2 is 1.91 bits per heavy atom. The lowest BCUT2D eigenvalue weighted by Gasteiger charge is -2.10. The van der Waals surface area contributed by atoms with Crippen molar-refractivity contribution in [1.29, 1.82) is 10.5 Å². The number of amides is 1. The number of anilines is 1. The molecule has 166 valence electrons. The topological polar surface area (TPSA) is 90.8 Å². The predicted octanol–water partition coefficient (Wildman–Crippen LogP) is 5.46. The molecule has 0 bridgehead atoms. The SMILES string of the molecule is COc1ccc(-n2c(C)cc(C=C(C#N)C(=O)Nc3sc4c(c3C#N)CCCC4)c2C)cc1. The first-order valence-corrected chi connectivity index (χ1v) is 11.6. The van der Waals surface area contributed by atoms with Crippen LogP contribution in [0.1, 0.15) is 45.8 Å². The van der Waals surface area contributed by atoms with Gasteiger partial charge in [-0.15, -0.1) is 11.3 Å². The number of aromatic nitrogens is 1. The summed E-state index contributed by atoms with van der Waals surface area (Å²) in [5.74, 6) is 0.276. The smallest absolute Gasteiger partial charge is 0.266 e. The second-order valence-corrected chi connectivity index (χ2v) is 9.12. The molecule has 1 aliphatic carbocycles. The van der Waals surface area contributed by atoms with E-state index in [1.807, 2.05) is 50.2 Å². The lowest BCUT2D eigenvalue weighted by atomic mass is 9.96. The Morgan fingerprint density at radius 3 is 2.58 bits per heavy atom. The number of ether oxygens (including phenoxy) is 1. The molecule has 1 aromatic carbocycles. The molecule has 0 unspecified atom stereocenters. The Morgan fingerprint density at radius 1 is 1.18 bits per heavy atom. The van der Waals surface area contributed by atoms with Gasteiger partial charge in [0, 0.05) is 22.0 Å². The highest BCUT2D eigenvalue weighted by atomic mass is 32.1. The van der Waals surface area contributed by atoms with E-state index in [0.29, 0.717) is 10.6 Å². The maximum atomic E-state index is 12.9. The summed E-state index contributed by atoms with van der Waals surface area (Å²) in [5.41, 5.74) is 5.26. The number of nitriles is 2. The molecule has 33 heavy (non-hydrogen) atoms. The Kier molecular flexibility index (Phi) is 6.35. The fourth-order valence-corrected chi connectivity index (χ4v) is 5.54. The number of nitrogens with zero attached hydrogens (tertiary/aromatic N) is 3. The monoisotopic (exact) mass is 456 g/mol. The number of rotatable bonds is 5. The summed E-state index contributed by atoms with van der Waals surface area (Å²) >= 11 is 1.45. The zero-order valence-corrected chi connectivity index (χ0v) is 19.7. The van der Waals surface area contributed by atoms with Gasteiger partial charge >= 0.3 is 0 Å². The minimum Gasteiger partial charge on any atom is -0.497 e. The molecule has 2 heterocycles. The van der Waals surface area contributed by atoms with Crippen molar-refractivity contribution in [2.75, 3.05) is 12.4 Å². The highest BCUT2D eigenvalue weighted by Crippen LogP contribution is 2.37. The van der Waals surface area contributed by atoms with Crippen molar-refractivity contribution in [3.63, 3.8) is 0 Å². The fraction of sp³-hybridized carbons (Fsp3) is 0.269. The van der Waals surface area contributed by atoms with Crippen LogP contribution in [0.3, 0.4) is 0 Å². The van der Waals surface area contributed by atoms with Crippen LogP contribution < -0.4 is 10.1 Å². The number of thiophene rings is 1. The Hall–Kier alpha value is -3.81. The van der Waals surface area contributed by atoms with Crippen molar-refractivity contribution in [2.45, 2.75) is 39.5 Å². The molecule has 0 fully saturated rings. The normalized spacial score (nSPS) is 13.1. The summed E-state index contributed by atoms with van der Waals surface area (Å²) in [6, 6.07) is 13.9. The number of hydrogen-bond acceptors (Lipinski definition) is 5. The molecular formula is C26H24N4O2S. The number of carbonyl (C=O) groups excluding carboxylic acids is 1. The van der Waals surface area contributed by atoms with Crippen LogP contribution in [0.4, 0.5) is 5.00 Å². The number of methoxy groups -OCH3 is 1. The molecule has 1 N–H and O–H groups in total. The lowest BCUT2D eigenvalue weighted by Crippen LogP contribution is -2.13. The molecule has 1 aliphatic rings. The molecule has 0 spiro atoms. The van der Waals surface area contributed by atoms with E-state index in [1.165, 1.54) is 16.2 Å². The molecule has 0 aliphatic heterocycles. The first kappa shape index (κ1) is 22.4. The van der Waals surface area contributed by atoms with Crippen LogP contribution >= 0.6 is 11.3 Å². The minimum absolute atomic E-state index is 0.000225. The average molecular weight is 457 g/mol. The number of carbonyl (C=O) groups is 1. The van der Waals surface area contributed by atoms with Gasteiger partial charge in [0.15, 0.2) is 0 Å². The number of hydrogen-bond donors (Lipinski definition) is 1. The molecule has 1 amide bonds. The summed E-state index contributed by atoms with van der Waals surface area (Å²) in [4.78, 5) is 14.1. The van der Waals surface area contributed by atoms with E-state index in [2.05, 4.69) is 16.0 Å². The number of benzene rings is 1. The number of aryl methyl sites for hydroxylation is 2. The van der Waals surface area contributed by atoms with Gasteiger partial charge in [-0.05, 0) is 87.1 Å². The van der Waals surface area contributed by atoms with Crippen LogP contribution in [0.5, 0.6) is 5.75 Å². The molecule has 2 aromatic heterocycles. The molecule has 0 saturated carbocycles. The fourth-order valence-electron chi connectivity index (χ4n) is 4.31. The van der Waals surface area contributed by atoms with Gasteiger partial charge in [0.05, 0.1) is 12.7 Å². The first-order chi connectivity index (χ1) is 16.0. The molecule has 7 heteroatoms. The number of fused-ring (bicyclic) bond motifs is 1. The van der Waals surface area contributed by atoms with Crippen molar-refractivity contribution in [2.24, 2.45) is 0 Å². The third-order valence-electron chi connectivity index (χ3n) is 5.98. The largest absolute Gasteiger partial charge is 0.497 e. The maximum Gasteiger partial charge on any atom is 0.266 e. The van der Waals surface area contributed by atoms with Gasteiger partial charge in [-0.1, -0.05) is 0 Å². The van der Waals surface area contributed by atoms with E-state index in [9.17, 15) is 15.3 Å². The van der Waals surface area contributed by atoms with Crippen molar-refractivity contribution >= 4 is 28.3 Å². The summed E-state index contributed by atoms with van der Waals surface area (Å²) in [6.45, 7) is 3.94. The number of nitrogens with one attached hydrogen (secondary N) is 1. The molecule has 6 nitrogen and oxygen atoms in total. The van der Waals surface area contributed by atoms with Crippen LogP contribution in [-0.2, 0) is 17.6 Å². The van der Waals surface area contributed by atoms with Gasteiger partial charge in [-0.3, -0.25) is 4.79 Å². The third-order valence-corrected chi connectivity index (χ3v) is 7.18. The van der Waals surface area contributed by atoms with E-state index in [0.717, 1.165) is 59.6 Å². The molecule has 0 saturated heterocycles. The minimum atomic E-state index is -0.498. The zero-order valence-electron chi connectivity index (χ0n) is 18.9. The Bertz CT molecular complexity index is 1330. The third kappa shape index (κ3) is 4.28.